The zero-order valence-electron chi connectivity index (χ0n) is 13.0. The number of anilines is 1. The maximum Gasteiger partial charge on any atom is 0.316 e. The Balaban J connectivity index is 2.30. The third-order valence-electron chi connectivity index (χ3n) is 2.90. The fraction of sp³-hybridized carbons (Fsp3) is 0.214. The molecule has 1 amide bonds. The minimum absolute atomic E-state index is 0.0386. The lowest BCUT2D eigenvalue weighted by molar-refractivity contribution is 0.0997. The van der Waals surface area contributed by atoms with Crippen LogP contribution in [0, 0.1) is 0 Å². The second-order valence-electron chi connectivity index (χ2n) is 4.52. The molecule has 1 aromatic heterocycles. The third kappa shape index (κ3) is 3.90. The molecule has 0 radical (unpaired) electrons. The van der Waals surface area contributed by atoms with E-state index in [4.69, 9.17) is 15.2 Å². The van der Waals surface area contributed by atoms with Crippen LogP contribution in [0.25, 0.3) is 0 Å². The van der Waals surface area contributed by atoms with Crippen molar-refractivity contribution >= 4 is 21.6 Å². The summed E-state index contributed by atoms with van der Waals surface area (Å²) in [5.41, 5.74) is 5.34. The van der Waals surface area contributed by atoms with Gasteiger partial charge in [-0.05, 0) is 25.1 Å². The van der Waals surface area contributed by atoms with Crippen molar-refractivity contribution in [3.05, 3.63) is 36.2 Å². The molecule has 1 aromatic carbocycles. The number of primary amides is 1. The first-order chi connectivity index (χ1) is 11.4. The molecule has 2 aromatic rings. The molecule has 0 bridgehead atoms. The lowest BCUT2D eigenvalue weighted by Gasteiger charge is -2.11. The molecule has 0 atom stereocenters. The highest BCUT2D eigenvalue weighted by Crippen LogP contribution is 2.23. The van der Waals surface area contributed by atoms with E-state index in [2.05, 4.69) is 14.7 Å². The third-order valence-corrected chi connectivity index (χ3v) is 4.28. The van der Waals surface area contributed by atoms with Gasteiger partial charge in [0.05, 0.1) is 42.3 Å². The number of carbonyl (C=O) groups excluding carboxylic acids is 1. The normalized spacial score (nSPS) is 10.9. The van der Waals surface area contributed by atoms with E-state index in [1.54, 1.807) is 6.92 Å². The maximum atomic E-state index is 12.4. The largest absolute Gasteiger partial charge is 0.496 e. The predicted molar refractivity (Wildman–Crippen MR) is 85.5 cm³/mol. The van der Waals surface area contributed by atoms with Crippen molar-refractivity contribution in [2.24, 2.45) is 5.73 Å². The molecule has 128 valence electrons. The summed E-state index contributed by atoms with van der Waals surface area (Å²) in [6, 6.07) is 3.92. The number of hydrogen-bond acceptors (Lipinski definition) is 7. The molecular formula is C14H16N4O5S. The molecule has 0 saturated heterocycles. The number of rotatable bonds is 7. The summed E-state index contributed by atoms with van der Waals surface area (Å²) in [5.74, 6) is -0.612. The average Bonchev–Trinajstić information content (AvgIpc) is 2.56. The highest BCUT2D eigenvalue weighted by Gasteiger charge is 2.19. The molecule has 3 N–H and O–H groups in total. The van der Waals surface area contributed by atoms with Gasteiger partial charge < -0.3 is 15.2 Å². The van der Waals surface area contributed by atoms with Crippen LogP contribution < -0.4 is 19.9 Å². The van der Waals surface area contributed by atoms with Gasteiger partial charge >= 0.3 is 6.01 Å². The molecular weight excluding hydrogens is 336 g/mol. The van der Waals surface area contributed by atoms with Crippen LogP contribution in [0.1, 0.15) is 17.3 Å². The van der Waals surface area contributed by atoms with Crippen molar-refractivity contribution in [2.75, 3.05) is 18.4 Å². The second kappa shape index (κ2) is 7.13. The molecule has 0 fully saturated rings. The Bertz CT molecular complexity index is 837. The zero-order chi connectivity index (χ0) is 17.7. The highest BCUT2D eigenvalue weighted by molar-refractivity contribution is 7.92. The van der Waals surface area contributed by atoms with Crippen LogP contribution in [0.4, 0.5) is 5.69 Å². The molecule has 0 spiro atoms. The van der Waals surface area contributed by atoms with E-state index in [0.717, 1.165) is 6.07 Å². The second-order valence-corrected chi connectivity index (χ2v) is 6.20. The predicted octanol–water partition coefficient (Wildman–Crippen LogP) is 0.784. The first kappa shape index (κ1) is 17.5. The van der Waals surface area contributed by atoms with Gasteiger partial charge in [0.2, 0.25) is 0 Å². The number of carbonyl (C=O) groups is 1. The van der Waals surface area contributed by atoms with E-state index >= 15 is 0 Å². The van der Waals surface area contributed by atoms with Crippen LogP contribution in [0.15, 0.2) is 35.5 Å². The van der Waals surface area contributed by atoms with Crippen LogP contribution in [0.3, 0.4) is 0 Å². The van der Waals surface area contributed by atoms with Gasteiger partial charge in [-0.1, -0.05) is 0 Å². The van der Waals surface area contributed by atoms with Gasteiger partial charge in [0.25, 0.3) is 15.9 Å². The number of hydrogen-bond donors (Lipinski definition) is 2. The minimum atomic E-state index is -3.95. The standard InChI is InChI=1S/C14H16N4O5S/c1-3-23-14-16-7-9(8-17-14)18-24(20,21)10-4-5-12(22-2)11(6-10)13(15)19/h4-8,18H,3H2,1-2H3,(H2,15,19). The number of ether oxygens (including phenoxy) is 2. The average molecular weight is 352 g/mol. The van der Waals surface area contributed by atoms with Crippen molar-refractivity contribution in [1.29, 1.82) is 0 Å². The summed E-state index contributed by atoms with van der Waals surface area (Å²) in [5, 5.41) is 0. The molecule has 9 nitrogen and oxygen atoms in total. The number of methoxy groups -OCH3 is 1. The Labute approximate surface area is 138 Å². The minimum Gasteiger partial charge on any atom is -0.496 e. The summed E-state index contributed by atoms with van der Waals surface area (Å²) < 4.78 is 37.2. The number of sulfonamides is 1. The van der Waals surface area contributed by atoms with E-state index in [-0.39, 0.29) is 27.9 Å². The molecule has 24 heavy (non-hydrogen) atoms. The fourth-order valence-electron chi connectivity index (χ4n) is 1.83. The topological polar surface area (TPSA) is 134 Å². The first-order valence-corrected chi connectivity index (χ1v) is 8.31. The molecule has 0 aliphatic rings. The maximum absolute atomic E-state index is 12.4. The molecule has 0 aliphatic heterocycles. The van der Waals surface area contributed by atoms with Crippen molar-refractivity contribution in [3.63, 3.8) is 0 Å². The van der Waals surface area contributed by atoms with Crippen molar-refractivity contribution < 1.29 is 22.7 Å². The number of nitrogens with two attached hydrogens (primary N) is 1. The van der Waals surface area contributed by atoms with Crippen LogP contribution in [0.5, 0.6) is 11.8 Å². The Kier molecular flexibility index (Phi) is 5.19. The van der Waals surface area contributed by atoms with E-state index in [1.807, 2.05) is 0 Å². The Morgan fingerprint density at radius 3 is 2.50 bits per heavy atom. The number of nitrogens with zero attached hydrogens (tertiary/aromatic N) is 2. The number of benzene rings is 1. The summed E-state index contributed by atoms with van der Waals surface area (Å²) in [6.07, 6.45) is 2.54. The van der Waals surface area contributed by atoms with Crippen molar-refractivity contribution in [3.8, 4) is 11.8 Å². The Morgan fingerprint density at radius 1 is 1.29 bits per heavy atom. The van der Waals surface area contributed by atoms with Crippen LogP contribution in [-0.2, 0) is 10.0 Å². The molecule has 0 saturated carbocycles. The monoisotopic (exact) mass is 352 g/mol. The number of nitrogens with one attached hydrogen (secondary N) is 1. The van der Waals surface area contributed by atoms with E-state index in [9.17, 15) is 13.2 Å². The Morgan fingerprint density at radius 2 is 1.96 bits per heavy atom. The summed E-state index contributed by atoms with van der Waals surface area (Å²) in [4.78, 5) is 19.0. The highest BCUT2D eigenvalue weighted by atomic mass is 32.2. The lowest BCUT2D eigenvalue weighted by atomic mass is 10.2. The van der Waals surface area contributed by atoms with Gasteiger partial charge in [0.1, 0.15) is 5.75 Å². The van der Waals surface area contributed by atoms with Crippen LogP contribution in [0.2, 0.25) is 0 Å². The SMILES string of the molecule is CCOc1ncc(NS(=O)(=O)c2ccc(OC)c(C(N)=O)c2)cn1. The molecule has 2 rings (SSSR count). The van der Waals surface area contributed by atoms with Crippen LogP contribution >= 0.6 is 0 Å². The fourth-order valence-corrected chi connectivity index (χ4v) is 2.89. The smallest absolute Gasteiger partial charge is 0.316 e. The van der Waals surface area contributed by atoms with Gasteiger partial charge in [-0.3, -0.25) is 9.52 Å². The van der Waals surface area contributed by atoms with E-state index in [0.29, 0.717) is 6.61 Å². The number of amides is 1. The van der Waals surface area contributed by atoms with Crippen LogP contribution in [-0.4, -0.2) is 38.0 Å². The molecule has 1 heterocycles. The van der Waals surface area contributed by atoms with Gasteiger partial charge in [0.15, 0.2) is 0 Å². The Hall–Kier alpha value is -2.88. The molecule has 10 heteroatoms. The lowest BCUT2D eigenvalue weighted by Crippen LogP contribution is -2.17. The summed E-state index contributed by atoms with van der Waals surface area (Å²) >= 11 is 0. The molecule has 0 aliphatic carbocycles. The summed E-state index contributed by atoms with van der Waals surface area (Å²) in [7, 11) is -2.60. The zero-order valence-corrected chi connectivity index (χ0v) is 13.8. The van der Waals surface area contributed by atoms with Gasteiger partial charge in [-0.15, -0.1) is 0 Å². The van der Waals surface area contributed by atoms with Gasteiger partial charge in [0, 0.05) is 0 Å². The quantitative estimate of drug-likeness (QED) is 0.752. The summed E-state index contributed by atoms with van der Waals surface area (Å²) in [6.45, 7) is 2.17. The van der Waals surface area contributed by atoms with E-state index in [1.165, 1.54) is 31.6 Å². The first-order valence-electron chi connectivity index (χ1n) is 6.83. The number of aromatic nitrogens is 2. The molecule has 0 unspecified atom stereocenters. The van der Waals surface area contributed by atoms with Crippen molar-refractivity contribution in [2.45, 2.75) is 11.8 Å². The van der Waals surface area contributed by atoms with Gasteiger partial charge in [-0.25, -0.2) is 18.4 Å². The van der Waals surface area contributed by atoms with Gasteiger partial charge in [-0.2, -0.15) is 0 Å². The van der Waals surface area contributed by atoms with Crippen molar-refractivity contribution in [1.82, 2.24) is 9.97 Å². The van der Waals surface area contributed by atoms with E-state index < -0.39 is 15.9 Å².